The summed E-state index contributed by atoms with van der Waals surface area (Å²) >= 11 is 0. The van der Waals surface area contributed by atoms with Gasteiger partial charge in [-0.2, -0.15) is 0 Å². The quantitative estimate of drug-likeness (QED) is 0.642. The monoisotopic (exact) mass is 266 g/mol. The van der Waals surface area contributed by atoms with Crippen molar-refractivity contribution in [2.24, 2.45) is 0 Å². The number of nitro groups is 1. The minimum absolute atomic E-state index is 0.0289. The third-order valence-electron chi connectivity index (χ3n) is 3.15. The average Bonchev–Trinajstić information content (AvgIpc) is 2.27. The fraction of sp³-hybridized carbons (Fsp3) is 0.462. The van der Waals surface area contributed by atoms with Crippen LogP contribution in [0.3, 0.4) is 0 Å². The molecule has 0 radical (unpaired) electrons. The van der Waals surface area contributed by atoms with Gasteiger partial charge in [-0.15, -0.1) is 0 Å². The molecule has 104 valence electrons. The second-order valence-electron chi connectivity index (χ2n) is 5.08. The number of aliphatic hydroxyl groups excluding tert-OH is 1. The van der Waals surface area contributed by atoms with E-state index in [1.54, 1.807) is 33.8 Å². The van der Waals surface area contributed by atoms with Gasteiger partial charge in [-0.3, -0.25) is 14.9 Å². The van der Waals surface area contributed by atoms with Crippen LogP contribution in [0.2, 0.25) is 0 Å². The first-order valence-corrected chi connectivity index (χ1v) is 5.91. The van der Waals surface area contributed by atoms with Crippen molar-refractivity contribution >= 4 is 11.6 Å². The Kier molecular flexibility index (Phi) is 4.26. The zero-order chi connectivity index (χ0) is 14.8. The molecular weight excluding hydrogens is 248 g/mol. The number of nitro benzene ring substituents is 1. The van der Waals surface area contributed by atoms with Crippen molar-refractivity contribution in [3.63, 3.8) is 0 Å². The SMILES string of the molecule is Cc1cccc([N+](=O)[O-])c1C(=O)NC(C)(C)C(C)O. The maximum atomic E-state index is 12.2. The number of carbonyl (C=O) groups is 1. The van der Waals surface area contributed by atoms with Crippen LogP contribution in [0.5, 0.6) is 0 Å². The molecule has 6 nitrogen and oxygen atoms in total. The summed E-state index contributed by atoms with van der Waals surface area (Å²) in [6, 6.07) is 4.46. The molecule has 1 aromatic carbocycles. The molecule has 1 aromatic rings. The molecule has 0 aromatic heterocycles. The van der Waals surface area contributed by atoms with E-state index >= 15 is 0 Å². The molecule has 0 bridgehead atoms. The molecule has 2 N–H and O–H groups in total. The normalized spacial score (nSPS) is 12.9. The van der Waals surface area contributed by atoms with E-state index in [0.717, 1.165) is 0 Å². The minimum Gasteiger partial charge on any atom is -0.391 e. The van der Waals surface area contributed by atoms with Gasteiger partial charge in [0.2, 0.25) is 0 Å². The van der Waals surface area contributed by atoms with E-state index in [-0.39, 0.29) is 11.3 Å². The van der Waals surface area contributed by atoms with Crippen LogP contribution in [0.25, 0.3) is 0 Å². The van der Waals surface area contributed by atoms with Gasteiger partial charge in [0, 0.05) is 6.07 Å². The van der Waals surface area contributed by atoms with Crippen molar-refractivity contribution < 1.29 is 14.8 Å². The Balaban J connectivity index is 3.17. The first-order valence-electron chi connectivity index (χ1n) is 5.91. The summed E-state index contributed by atoms with van der Waals surface area (Å²) < 4.78 is 0. The Labute approximate surface area is 111 Å². The zero-order valence-corrected chi connectivity index (χ0v) is 11.4. The predicted molar refractivity (Wildman–Crippen MR) is 71.1 cm³/mol. The number of hydrogen-bond donors (Lipinski definition) is 2. The van der Waals surface area contributed by atoms with E-state index in [0.29, 0.717) is 5.56 Å². The number of aryl methyl sites for hydroxylation is 1. The second kappa shape index (κ2) is 5.36. The van der Waals surface area contributed by atoms with Crippen molar-refractivity contribution in [1.29, 1.82) is 0 Å². The van der Waals surface area contributed by atoms with Gasteiger partial charge >= 0.3 is 0 Å². The fourth-order valence-electron chi connectivity index (χ4n) is 1.56. The molecule has 1 amide bonds. The highest BCUT2D eigenvalue weighted by Gasteiger charge is 2.30. The van der Waals surface area contributed by atoms with E-state index in [2.05, 4.69) is 5.32 Å². The minimum atomic E-state index is -0.868. The average molecular weight is 266 g/mol. The molecule has 6 heteroatoms. The Morgan fingerprint density at radius 2 is 2.05 bits per heavy atom. The molecule has 1 atom stereocenters. The smallest absolute Gasteiger partial charge is 0.282 e. The van der Waals surface area contributed by atoms with Gasteiger partial charge in [-0.05, 0) is 33.3 Å². The number of hydrogen-bond acceptors (Lipinski definition) is 4. The van der Waals surface area contributed by atoms with Crippen molar-refractivity contribution in [3.8, 4) is 0 Å². The molecule has 0 aliphatic heterocycles. The van der Waals surface area contributed by atoms with Crippen LogP contribution < -0.4 is 5.32 Å². The topological polar surface area (TPSA) is 92.5 Å². The highest BCUT2D eigenvalue weighted by molar-refractivity contribution is 6.00. The summed E-state index contributed by atoms with van der Waals surface area (Å²) in [6.07, 6.45) is -0.778. The van der Waals surface area contributed by atoms with Gasteiger partial charge in [0.05, 0.1) is 16.6 Å². The Morgan fingerprint density at radius 1 is 1.47 bits per heavy atom. The van der Waals surface area contributed by atoms with Gasteiger partial charge in [0.15, 0.2) is 0 Å². The molecule has 0 fully saturated rings. The number of nitrogens with zero attached hydrogens (tertiary/aromatic N) is 1. The molecule has 0 heterocycles. The van der Waals surface area contributed by atoms with E-state index in [1.807, 2.05) is 0 Å². The second-order valence-corrected chi connectivity index (χ2v) is 5.08. The highest BCUT2D eigenvalue weighted by Crippen LogP contribution is 2.22. The van der Waals surface area contributed by atoms with Gasteiger partial charge in [-0.1, -0.05) is 12.1 Å². The number of amides is 1. The summed E-state index contributed by atoms with van der Waals surface area (Å²) in [5, 5.41) is 23.1. The lowest BCUT2D eigenvalue weighted by molar-refractivity contribution is -0.385. The largest absolute Gasteiger partial charge is 0.391 e. The number of nitrogens with one attached hydrogen (secondary N) is 1. The van der Waals surface area contributed by atoms with E-state index in [9.17, 15) is 20.0 Å². The molecular formula is C13H18N2O4. The summed E-state index contributed by atoms with van der Waals surface area (Å²) in [6.45, 7) is 6.49. The van der Waals surface area contributed by atoms with Gasteiger partial charge in [0.25, 0.3) is 11.6 Å². The Bertz CT molecular complexity index is 509. The van der Waals surface area contributed by atoms with E-state index in [4.69, 9.17) is 0 Å². The zero-order valence-electron chi connectivity index (χ0n) is 11.4. The molecule has 0 spiro atoms. The van der Waals surface area contributed by atoms with Crippen LogP contribution in [-0.2, 0) is 0 Å². The third-order valence-corrected chi connectivity index (χ3v) is 3.15. The van der Waals surface area contributed by atoms with Crippen molar-refractivity contribution in [2.45, 2.75) is 39.3 Å². The molecule has 0 saturated carbocycles. The molecule has 1 rings (SSSR count). The Morgan fingerprint density at radius 3 is 2.53 bits per heavy atom. The molecule has 0 aliphatic rings. The van der Waals surface area contributed by atoms with Crippen LogP contribution in [0.15, 0.2) is 18.2 Å². The van der Waals surface area contributed by atoms with Crippen LogP contribution >= 0.6 is 0 Å². The van der Waals surface area contributed by atoms with E-state index < -0.39 is 22.5 Å². The van der Waals surface area contributed by atoms with Crippen molar-refractivity contribution in [1.82, 2.24) is 5.32 Å². The van der Waals surface area contributed by atoms with Gasteiger partial charge in [-0.25, -0.2) is 0 Å². The number of rotatable bonds is 4. The first-order chi connectivity index (χ1) is 8.66. The third kappa shape index (κ3) is 3.29. The summed E-state index contributed by atoms with van der Waals surface area (Å²) in [4.78, 5) is 22.6. The van der Waals surface area contributed by atoms with Crippen LogP contribution in [0, 0.1) is 17.0 Å². The standard InChI is InChI=1S/C13H18N2O4/c1-8-6-5-7-10(15(18)19)11(8)12(17)14-13(3,4)9(2)16/h5-7,9,16H,1-4H3,(H,14,17). The Hall–Kier alpha value is -1.95. The molecule has 0 aliphatic carbocycles. The fourth-order valence-corrected chi connectivity index (χ4v) is 1.56. The maximum Gasteiger partial charge on any atom is 0.282 e. The first kappa shape index (κ1) is 15.1. The highest BCUT2D eigenvalue weighted by atomic mass is 16.6. The lowest BCUT2D eigenvalue weighted by Gasteiger charge is -2.29. The van der Waals surface area contributed by atoms with Crippen LogP contribution in [0.4, 0.5) is 5.69 Å². The van der Waals surface area contributed by atoms with Gasteiger partial charge < -0.3 is 10.4 Å². The number of aliphatic hydroxyl groups is 1. The van der Waals surface area contributed by atoms with Crippen molar-refractivity contribution in [3.05, 3.63) is 39.4 Å². The summed E-state index contributed by atoms with van der Waals surface area (Å²) in [7, 11) is 0. The number of benzene rings is 1. The lowest BCUT2D eigenvalue weighted by Crippen LogP contribution is -2.51. The van der Waals surface area contributed by atoms with E-state index in [1.165, 1.54) is 12.1 Å². The predicted octanol–water partition coefficient (Wildman–Crippen LogP) is 1.79. The number of carbonyl (C=O) groups excluding carboxylic acids is 1. The lowest BCUT2D eigenvalue weighted by atomic mass is 9.97. The van der Waals surface area contributed by atoms with Gasteiger partial charge in [0.1, 0.15) is 5.56 Å². The molecule has 19 heavy (non-hydrogen) atoms. The van der Waals surface area contributed by atoms with Crippen LogP contribution in [0.1, 0.15) is 36.7 Å². The maximum absolute atomic E-state index is 12.2. The van der Waals surface area contributed by atoms with Crippen molar-refractivity contribution in [2.75, 3.05) is 0 Å². The molecule has 1 unspecified atom stereocenters. The summed E-state index contributed by atoms with van der Waals surface area (Å²) in [5.74, 6) is -0.560. The summed E-state index contributed by atoms with van der Waals surface area (Å²) in [5.41, 5.74) is -0.555. The molecule has 0 saturated heterocycles. The van der Waals surface area contributed by atoms with Crippen LogP contribution in [-0.4, -0.2) is 27.6 Å².